The Bertz CT molecular complexity index is 2180. The van der Waals surface area contributed by atoms with E-state index in [1.807, 2.05) is 18.2 Å². The van der Waals surface area contributed by atoms with Crippen LogP contribution in [0.15, 0.2) is 48.5 Å². The Labute approximate surface area is 222 Å². The van der Waals surface area contributed by atoms with Crippen LogP contribution in [0.5, 0.6) is 0 Å². The Balaban J connectivity index is 1.98. The van der Waals surface area contributed by atoms with Crippen molar-refractivity contribution >= 4 is 145 Å². The lowest BCUT2D eigenvalue weighted by atomic mass is 9.81. The molecule has 0 N–H and O–H groups in total. The number of fused-ring (bicyclic) bond motifs is 3. The molecule has 8 rings (SSSR count). The Morgan fingerprint density at radius 3 is 1.41 bits per heavy atom. The summed E-state index contributed by atoms with van der Waals surface area (Å²) in [7, 11) is 0. The van der Waals surface area contributed by atoms with E-state index in [0.717, 1.165) is 64.6 Å². The molecule has 6 heteroatoms. The summed E-state index contributed by atoms with van der Waals surface area (Å²) in [5, 5.41) is 15.9. The first kappa shape index (κ1) is 20.3. The molecule has 0 nitrogen and oxygen atoms in total. The van der Waals surface area contributed by atoms with Crippen molar-refractivity contribution in [2.24, 2.45) is 0 Å². The first-order chi connectivity index (χ1) is 16.4. The van der Waals surface area contributed by atoms with Crippen LogP contribution in [-0.4, -0.2) is 0 Å². The van der Waals surface area contributed by atoms with Gasteiger partial charge in [0.05, 0.1) is 30.1 Å². The van der Waals surface area contributed by atoms with E-state index in [4.69, 9.17) is 69.6 Å². The predicted octanol–water partition coefficient (Wildman–Crippen LogP) is 12.0. The molecule has 0 saturated heterocycles. The molecule has 0 radical (unpaired) electrons. The van der Waals surface area contributed by atoms with Crippen LogP contribution in [-0.2, 0) is 0 Å². The first-order valence-electron chi connectivity index (χ1n) is 10.5. The van der Waals surface area contributed by atoms with Crippen molar-refractivity contribution in [3.63, 3.8) is 0 Å². The minimum atomic E-state index is 0.322. The fraction of sp³-hybridized carbons (Fsp3) is 0. The second kappa shape index (κ2) is 6.45. The van der Waals surface area contributed by atoms with Gasteiger partial charge in [-0.2, -0.15) is 0 Å². The fourth-order valence-electron chi connectivity index (χ4n) is 6.07. The molecular weight excluding hydrogens is 549 g/mol. The fourth-order valence-corrected chi connectivity index (χ4v) is 7.85. The van der Waals surface area contributed by atoms with E-state index < -0.39 is 0 Å². The average molecular weight is 557 g/mol. The van der Waals surface area contributed by atoms with Gasteiger partial charge in [-0.3, -0.25) is 0 Å². The van der Waals surface area contributed by atoms with Gasteiger partial charge < -0.3 is 0 Å². The summed E-state index contributed by atoms with van der Waals surface area (Å²) >= 11 is 41.4. The van der Waals surface area contributed by atoms with Gasteiger partial charge in [0.2, 0.25) is 0 Å². The van der Waals surface area contributed by atoms with E-state index in [2.05, 4.69) is 30.3 Å². The number of benzene rings is 8. The maximum atomic E-state index is 7.02. The molecule has 0 aliphatic carbocycles. The van der Waals surface area contributed by atoms with Crippen molar-refractivity contribution in [2.75, 3.05) is 0 Å². The molecule has 8 aromatic rings. The van der Waals surface area contributed by atoms with Crippen LogP contribution < -0.4 is 0 Å². The zero-order valence-corrected chi connectivity index (χ0v) is 21.4. The van der Waals surface area contributed by atoms with Crippen molar-refractivity contribution in [1.29, 1.82) is 0 Å². The second-order valence-corrected chi connectivity index (χ2v) is 11.0. The summed E-state index contributed by atoms with van der Waals surface area (Å²) in [6.07, 6.45) is 0. The first-order valence-corrected chi connectivity index (χ1v) is 12.8. The lowest BCUT2D eigenvalue weighted by Gasteiger charge is -2.25. The highest BCUT2D eigenvalue weighted by Gasteiger charge is 2.30. The maximum absolute atomic E-state index is 7.02. The molecule has 34 heavy (non-hydrogen) atoms. The number of rotatable bonds is 0. The minimum absolute atomic E-state index is 0.322. The molecule has 0 heterocycles. The summed E-state index contributed by atoms with van der Waals surface area (Å²) in [5.41, 5.74) is 0. The van der Waals surface area contributed by atoms with E-state index in [-0.39, 0.29) is 0 Å². The normalized spacial score (nSPS) is 13.0. The lowest BCUT2D eigenvalue weighted by Crippen LogP contribution is -1.97. The highest BCUT2D eigenvalue weighted by molar-refractivity contribution is 6.63. The molecule has 0 bridgehead atoms. The van der Waals surface area contributed by atoms with Crippen LogP contribution in [0, 0.1) is 0 Å². The molecule has 0 aliphatic rings. The van der Waals surface area contributed by atoms with Crippen molar-refractivity contribution in [3.05, 3.63) is 78.7 Å². The molecule has 0 saturated carbocycles. The minimum Gasteiger partial charge on any atom is -0.0820 e. The van der Waals surface area contributed by atoms with Crippen LogP contribution in [0.2, 0.25) is 30.1 Å². The van der Waals surface area contributed by atoms with Gasteiger partial charge in [-0.15, -0.1) is 0 Å². The van der Waals surface area contributed by atoms with E-state index in [9.17, 15) is 0 Å². The Hall–Kier alpha value is -1.90. The van der Waals surface area contributed by atoms with Crippen LogP contribution >= 0.6 is 69.6 Å². The number of hydrogen-bond donors (Lipinski definition) is 0. The molecule has 0 unspecified atom stereocenters. The third-order valence-electron chi connectivity index (χ3n) is 7.34. The lowest BCUT2D eigenvalue weighted by molar-refractivity contribution is 1.79. The Morgan fingerprint density at radius 2 is 0.735 bits per heavy atom. The SMILES string of the molecule is Clc1c(Cl)c2c(Cl)c(Cl)c3c(Cl)c(Cl)c4c5ccccc5c5ccc6ccc1c1c6c5c4c3c21. The number of halogens is 6. The molecule has 0 fully saturated rings. The van der Waals surface area contributed by atoms with Crippen molar-refractivity contribution in [3.8, 4) is 0 Å². The van der Waals surface area contributed by atoms with Crippen molar-refractivity contribution in [1.82, 2.24) is 0 Å². The van der Waals surface area contributed by atoms with Crippen LogP contribution in [0.25, 0.3) is 75.4 Å². The summed E-state index contributed by atoms with van der Waals surface area (Å²) in [4.78, 5) is 0. The van der Waals surface area contributed by atoms with Gasteiger partial charge in [-0.1, -0.05) is 118 Å². The largest absolute Gasteiger partial charge is 0.0820 e. The summed E-state index contributed by atoms with van der Waals surface area (Å²) in [6.45, 7) is 0. The van der Waals surface area contributed by atoms with E-state index in [1.165, 1.54) is 0 Å². The van der Waals surface area contributed by atoms with Crippen molar-refractivity contribution < 1.29 is 0 Å². The van der Waals surface area contributed by atoms with Gasteiger partial charge >= 0.3 is 0 Å². The van der Waals surface area contributed by atoms with Gasteiger partial charge in [0.25, 0.3) is 0 Å². The highest BCUT2D eigenvalue weighted by atomic mass is 35.5. The molecule has 162 valence electrons. The van der Waals surface area contributed by atoms with Gasteiger partial charge in [0, 0.05) is 43.1 Å². The number of hydrogen-bond acceptors (Lipinski definition) is 0. The third kappa shape index (κ3) is 2.07. The van der Waals surface area contributed by atoms with E-state index in [0.29, 0.717) is 40.9 Å². The van der Waals surface area contributed by atoms with E-state index in [1.54, 1.807) is 0 Å². The highest BCUT2D eigenvalue weighted by Crippen LogP contribution is 2.59. The second-order valence-electron chi connectivity index (χ2n) is 8.75. The van der Waals surface area contributed by atoms with Gasteiger partial charge in [0.1, 0.15) is 0 Å². The Kier molecular flexibility index (Phi) is 3.85. The topological polar surface area (TPSA) is 0 Å². The standard InChI is InChI=1S/C28H8Cl6/c29-23-13-8-6-9-5-7-12-10-3-1-2-4-11(10)17-18-15(12)14(9)16(13)19-20(18)22(26(32)24(17)30)28(34)27(33)21(19)25(23)31/h1-8H. The monoisotopic (exact) mass is 554 g/mol. The summed E-state index contributed by atoms with van der Waals surface area (Å²) in [6, 6.07) is 16.7. The van der Waals surface area contributed by atoms with Gasteiger partial charge in [0.15, 0.2) is 0 Å². The summed E-state index contributed by atoms with van der Waals surface area (Å²) < 4.78 is 0. The van der Waals surface area contributed by atoms with Crippen LogP contribution in [0.3, 0.4) is 0 Å². The zero-order chi connectivity index (χ0) is 23.2. The van der Waals surface area contributed by atoms with Crippen LogP contribution in [0.1, 0.15) is 0 Å². The smallest absolute Gasteiger partial charge is 0.0693 e. The molecule has 0 spiro atoms. The molecule has 0 atom stereocenters. The maximum Gasteiger partial charge on any atom is 0.0693 e. The third-order valence-corrected chi connectivity index (χ3v) is 9.91. The van der Waals surface area contributed by atoms with Gasteiger partial charge in [-0.05, 0) is 32.3 Å². The van der Waals surface area contributed by atoms with Crippen LogP contribution in [0.4, 0.5) is 0 Å². The average Bonchev–Trinajstić information content (AvgIpc) is 2.85. The summed E-state index contributed by atoms with van der Waals surface area (Å²) in [5.74, 6) is 0. The van der Waals surface area contributed by atoms with E-state index >= 15 is 0 Å². The molecule has 0 aromatic heterocycles. The van der Waals surface area contributed by atoms with Gasteiger partial charge in [-0.25, -0.2) is 0 Å². The quantitative estimate of drug-likeness (QED) is 0.129. The van der Waals surface area contributed by atoms with Crippen molar-refractivity contribution in [2.45, 2.75) is 0 Å². The molecule has 8 aromatic carbocycles. The molecule has 0 aliphatic heterocycles. The zero-order valence-electron chi connectivity index (χ0n) is 16.9. The Morgan fingerprint density at radius 1 is 0.294 bits per heavy atom. The molecular formula is C28H8Cl6. The molecule has 0 amide bonds. The predicted molar refractivity (Wildman–Crippen MR) is 153 cm³/mol.